The van der Waals surface area contributed by atoms with Crippen molar-refractivity contribution in [3.05, 3.63) is 76.6 Å². The lowest BCUT2D eigenvalue weighted by Crippen LogP contribution is -2.42. The van der Waals surface area contributed by atoms with Crippen molar-refractivity contribution >= 4 is 23.4 Å². The summed E-state index contributed by atoms with van der Waals surface area (Å²) in [5, 5.41) is 15.6. The fourth-order valence-corrected chi connectivity index (χ4v) is 3.05. The molecule has 1 heterocycles. The first-order valence-corrected chi connectivity index (χ1v) is 10.3. The average molecular weight is 435 g/mol. The molecule has 0 radical (unpaired) electrons. The largest absolute Gasteiger partial charge is 0.378 e. The van der Waals surface area contributed by atoms with Crippen LogP contribution in [0.1, 0.15) is 26.3 Å². The molecule has 0 saturated carbocycles. The zero-order chi connectivity index (χ0) is 23.5. The second-order valence-electron chi connectivity index (χ2n) is 8.80. The van der Waals surface area contributed by atoms with Gasteiger partial charge in [-0.05, 0) is 29.8 Å². The maximum absolute atomic E-state index is 12.7. The summed E-state index contributed by atoms with van der Waals surface area (Å²) in [4.78, 5) is 25.3. The standard InChI is InChI=1S/C24H28N5O3/c1-24(2,3)22(30)17-27-14-15-28(23(27)19-8-12-21(13-9-19)29(31)32)25-16-18-6-10-20(11-7-18)26(4)5/h6-16H,17H2,1-5H3/q+1/b25-16+. The van der Waals surface area contributed by atoms with Crippen LogP contribution in [0.15, 0.2) is 66.0 Å². The number of nitro groups is 1. The quantitative estimate of drug-likeness (QED) is 0.244. The van der Waals surface area contributed by atoms with E-state index in [0.29, 0.717) is 5.82 Å². The van der Waals surface area contributed by atoms with Gasteiger partial charge in [-0.15, -0.1) is 4.68 Å². The van der Waals surface area contributed by atoms with Crippen molar-refractivity contribution < 1.29 is 14.3 Å². The van der Waals surface area contributed by atoms with Crippen molar-refractivity contribution in [3.63, 3.8) is 0 Å². The number of ketones is 1. The maximum atomic E-state index is 12.7. The lowest BCUT2D eigenvalue weighted by Gasteiger charge is -2.15. The number of non-ortho nitro benzene ring substituents is 1. The first-order chi connectivity index (χ1) is 15.1. The van der Waals surface area contributed by atoms with Crippen molar-refractivity contribution in [2.24, 2.45) is 10.5 Å². The van der Waals surface area contributed by atoms with Crippen LogP contribution in [-0.2, 0) is 11.3 Å². The third kappa shape index (κ3) is 5.26. The summed E-state index contributed by atoms with van der Waals surface area (Å²) in [6, 6.07) is 14.2. The molecule has 0 aliphatic carbocycles. The van der Waals surface area contributed by atoms with Crippen LogP contribution in [0.3, 0.4) is 0 Å². The minimum Gasteiger partial charge on any atom is -0.378 e. The maximum Gasteiger partial charge on any atom is 0.314 e. The van der Waals surface area contributed by atoms with Gasteiger partial charge in [0.1, 0.15) is 12.7 Å². The molecule has 2 aromatic carbocycles. The average Bonchev–Trinajstić information content (AvgIpc) is 3.14. The zero-order valence-electron chi connectivity index (χ0n) is 19.0. The van der Waals surface area contributed by atoms with Gasteiger partial charge in [-0.25, -0.2) is 4.57 Å². The number of carbonyl (C=O) groups excluding carboxylic acids is 1. The number of benzene rings is 2. The van der Waals surface area contributed by atoms with Gasteiger partial charge in [0.25, 0.3) is 5.69 Å². The van der Waals surface area contributed by atoms with E-state index in [1.54, 1.807) is 35.4 Å². The normalized spacial score (nSPS) is 11.7. The van der Waals surface area contributed by atoms with Gasteiger partial charge in [0.2, 0.25) is 0 Å². The Kier molecular flexibility index (Phi) is 6.53. The number of carbonyl (C=O) groups is 1. The van der Waals surface area contributed by atoms with Crippen LogP contribution in [0.4, 0.5) is 11.4 Å². The van der Waals surface area contributed by atoms with Crippen molar-refractivity contribution in [2.45, 2.75) is 27.3 Å². The molecule has 32 heavy (non-hydrogen) atoms. The summed E-state index contributed by atoms with van der Waals surface area (Å²) in [5.74, 6) is 0.741. The fraction of sp³-hybridized carbons (Fsp3) is 0.292. The predicted octanol–water partition coefficient (Wildman–Crippen LogP) is 3.91. The minimum atomic E-state index is -0.487. The number of hydrogen-bond donors (Lipinski definition) is 0. The third-order valence-electron chi connectivity index (χ3n) is 5.10. The molecule has 0 spiro atoms. The van der Waals surface area contributed by atoms with Crippen LogP contribution in [0, 0.1) is 15.5 Å². The molecular weight excluding hydrogens is 406 g/mol. The molecule has 8 heteroatoms. The molecule has 0 aliphatic rings. The lowest BCUT2D eigenvalue weighted by atomic mass is 9.91. The summed E-state index contributed by atoms with van der Waals surface area (Å²) in [7, 11) is 3.97. The van der Waals surface area contributed by atoms with E-state index in [1.807, 2.05) is 68.6 Å². The van der Waals surface area contributed by atoms with Crippen molar-refractivity contribution in [1.82, 2.24) is 4.68 Å². The number of Topliss-reactive ketones (excluding diaryl/α,β-unsaturated/α-hetero) is 1. The molecule has 0 saturated heterocycles. The molecule has 0 aliphatic heterocycles. The Balaban J connectivity index is 1.99. The molecule has 166 valence electrons. The fourth-order valence-electron chi connectivity index (χ4n) is 3.05. The number of nitro benzene ring substituents is 1. The Morgan fingerprint density at radius 2 is 1.75 bits per heavy atom. The molecule has 8 nitrogen and oxygen atoms in total. The van der Waals surface area contributed by atoms with Crippen LogP contribution >= 0.6 is 0 Å². The number of anilines is 1. The monoisotopic (exact) mass is 434 g/mol. The molecule has 0 N–H and O–H groups in total. The van der Waals surface area contributed by atoms with Crippen molar-refractivity contribution in [2.75, 3.05) is 19.0 Å². The molecule has 0 atom stereocenters. The summed E-state index contributed by atoms with van der Waals surface area (Å²) >= 11 is 0. The lowest BCUT2D eigenvalue weighted by molar-refractivity contribution is -0.673. The van der Waals surface area contributed by atoms with Crippen LogP contribution in [-0.4, -0.2) is 35.7 Å². The van der Waals surface area contributed by atoms with E-state index >= 15 is 0 Å². The third-order valence-corrected chi connectivity index (χ3v) is 5.10. The van der Waals surface area contributed by atoms with Crippen LogP contribution in [0.2, 0.25) is 0 Å². The number of hydrogen-bond acceptors (Lipinski definition) is 5. The number of nitrogens with zero attached hydrogens (tertiary/aromatic N) is 5. The molecule has 3 rings (SSSR count). The Hall–Kier alpha value is -3.81. The Morgan fingerprint density at radius 3 is 2.28 bits per heavy atom. The summed E-state index contributed by atoms with van der Waals surface area (Å²) in [5.41, 5.74) is 2.26. The highest BCUT2D eigenvalue weighted by Crippen LogP contribution is 2.22. The van der Waals surface area contributed by atoms with Crippen LogP contribution < -0.4 is 9.47 Å². The van der Waals surface area contributed by atoms with Crippen LogP contribution in [0.25, 0.3) is 11.4 Å². The second-order valence-corrected chi connectivity index (χ2v) is 8.80. The zero-order valence-corrected chi connectivity index (χ0v) is 19.0. The van der Waals surface area contributed by atoms with E-state index in [-0.39, 0.29) is 18.0 Å². The smallest absolute Gasteiger partial charge is 0.314 e. The van der Waals surface area contributed by atoms with Gasteiger partial charge in [-0.2, -0.15) is 0 Å². The predicted molar refractivity (Wildman–Crippen MR) is 125 cm³/mol. The molecular formula is C24H28N5O3+. The number of imidazole rings is 1. The van der Waals surface area contributed by atoms with Crippen molar-refractivity contribution in [1.29, 1.82) is 0 Å². The Bertz CT molecular complexity index is 1140. The minimum absolute atomic E-state index is 0.00802. The molecule has 0 bridgehead atoms. The van der Waals surface area contributed by atoms with Gasteiger partial charge in [-0.1, -0.05) is 38.0 Å². The van der Waals surface area contributed by atoms with Crippen LogP contribution in [0.5, 0.6) is 0 Å². The van der Waals surface area contributed by atoms with E-state index in [4.69, 9.17) is 0 Å². The summed E-state index contributed by atoms with van der Waals surface area (Å²) in [6.07, 6.45) is 5.31. The van der Waals surface area contributed by atoms with E-state index in [0.717, 1.165) is 16.8 Å². The topological polar surface area (TPSA) is 84.6 Å². The first kappa shape index (κ1) is 22.9. The molecule has 0 amide bonds. The van der Waals surface area contributed by atoms with Gasteiger partial charge in [0, 0.05) is 37.3 Å². The van der Waals surface area contributed by atoms with Gasteiger partial charge < -0.3 is 4.90 Å². The van der Waals surface area contributed by atoms with Crippen molar-refractivity contribution in [3.8, 4) is 11.4 Å². The van der Waals surface area contributed by atoms with E-state index in [1.165, 1.54) is 12.1 Å². The highest BCUT2D eigenvalue weighted by atomic mass is 16.6. The Labute approximate surface area is 187 Å². The van der Waals surface area contributed by atoms with Gasteiger partial charge in [0.15, 0.2) is 12.0 Å². The van der Waals surface area contributed by atoms with Gasteiger partial charge in [-0.3, -0.25) is 14.9 Å². The van der Waals surface area contributed by atoms with E-state index < -0.39 is 10.3 Å². The van der Waals surface area contributed by atoms with E-state index in [2.05, 4.69) is 5.10 Å². The summed E-state index contributed by atoms with van der Waals surface area (Å²) < 4.78 is 3.50. The molecule has 0 fully saturated rings. The van der Waals surface area contributed by atoms with E-state index in [9.17, 15) is 14.9 Å². The molecule has 3 aromatic rings. The molecule has 1 aromatic heterocycles. The van der Waals surface area contributed by atoms with Gasteiger partial charge in [0.05, 0.1) is 16.7 Å². The highest BCUT2D eigenvalue weighted by Gasteiger charge is 2.28. The Morgan fingerprint density at radius 1 is 1.12 bits per heavy atom. The first-order valence-electron chi connectivity index (χ1n) is 10.3. The second kappa shape index (κ2) is 9.13. The highest BCUT2D eigenvalue weighted by molar-refractivity contribution is 5.82. The number of rotatable bonds is 7. The van der Waals surface area contributed by atoms with Gasteiger partial charge >= 0.3 is 5.82 Å². The molecule has 0 unspecified atom stereocenters. The number of aromatic nitrogens is 2. The SMILES string of the molecule is CN(C)c1ccc(/C=N/n2cc[n+](CC(=O)C(C)(C)C)c2-c2ccc([N+](=O)[O-])cc2)cc1. The summed E-state index contributed by atoms with van der Waals surface area (Å²) in [6.45, 7) is 5.83.